The Labute approximate surface area is 165 Å². The van der Waals surface area contributed by atoms with Gasteiger partial charge in [0.15, 0.2) is 11.5 Å². The fourth-order valence-electron chi connectivity index (χ4n) is 3.79. The molecule has 2 aliphatic heterocycles. The number of amides is 1. The molecule has 1 atom stereocenters. The first-order valence-electron chi connectivity index (χ1n) is 9.64. The van der Waals surface area contributed by atoms with E-state index in [1.54, 1.807) is 7.11 Å². The van der Waals surface area contributed by atoms with E-state index in [9.17, 15) is 4.79 Å². The van der Waals surface area contributed by atoms with Gasteiger partial charge in [-0.2, -0.15) is 0 Å². The molecule has 0 aromatic heterocycles. The zero-order valence-corrected chi connectivity index (χ0v) is 16.4. The number of carbonyl (C=O) groups excluding carboxylic acids is 1. The van der Waals surface area contributed by atoms with E-state index in [-0.39, 0.29) is 11.9 Å². The zero-order valence-electron chi connectivity index (χ0n) is 16.4. The van der Waals surface area contributed by atoms with Gasteiger partial charge in [-0.25, -0.2) is 0 Å². The number of ether oxygens (including phenoxy) is 3. The van der Waals surface area contributed by atoms with Crippen LogP contribution >= 0.6 is 0 Å². The summed E-state index contributed by atoms with van der Waals surface area (Å²) in [6, 6.07) is 14.0. The van der Waals surface area contributed by atoms with Crippen molar-refractivity contribution >= 4 is 5.91 Å². The molecule has 2 aromatic rings. The molecule has 0 bridgehead atoms. The van der Waals surface area contributed by atoms with Crippen LogP contribution in [-0.4, -0.2) is 62.7 Å². The minimum atomic E-state index is 0.137. The first-order valence-corrected chi connectivity index (χ1v) is 9.64. The number of methoxy groups -OCH3 is 1. The average Bonchev–Trinajstić information content (AvgIpc) is 2.74. The summed E-state index contributed by atoms with van der Waals surface area (Å²) in [7, 11) is 3.78. The van der Waals surface area contributed by atoms with E-state index in [2.05, 4.69) is 24.1 Å². The van der Waals surface area contributed by atoms with Crippen LogP contribution in [0, 0.1) is 0 Å². The molecule has 0 aliphatic carbocycles. The highest BCUT2D eigenvalue weighted by molar-refractivity contribution is 5.79. The van der Waals surface area contributed by atoms with E-state index in [1.165, 1.54) is 5.56 Å². The fraction of sp³-hybridized carbons (Fsp3) is 0.409. The number of carbonyl (C=O) groups is 1. The number of likely N-dealkylation sites (N-methyl/N-ethyl adjacent to an activating group) is 1. The number of fused-ring (bicyclic) bond motifs is 1. The Morgan fingerprint density at radius 3 is 2.75 bits per heavy atom. The summed E-state index contributed by atoms with van der Waals surface area (Å²) in [5.41, 5.74) is 2.12. The van der Waals surface area contributed by atoms with E-state index in [0.29, 0.717) is 26.2 Å². The smallest absolute Gasteiger partial charge is 0.227 e. The molecular weight excluding hydrogens is 356 g/mol. The van der Waals surface area contributed by atoms with Crippen LogP contribution in [0.3, 0.4) is 0 Å². The van der Waals surface area contributed by atoms with Gasteiger partial charge in [0, 0.05) is 19.6 Å². The molecule has 148 valence electrons. The lowest BCUT2D eigenvalue weighted by Crippen LogP contribution is -2.49. The van der Waals surface area contributed by atoms with Crippen molar-refractivity contribution in [1.29, 1.82) is 0 Å². The Morgan fingerprint density at radius 2 is 1.93 bits per heavy atom. The monoisotopic (exact) mass is 382 g/mol. The van der Waals surface area contributed by atoms with Crippen molar-refractivity contribution in [3.63, 3.8) is 0 Å². The summed E-state index contributed by atoms with van der Waals surface area (Å²) in [5.74, 6) is 2.45. The Balaban J connectivity index is 1.45. The molecule has 1 fully saturated rings. The fourth-order valence-corrected chi connectivity index (χ4v) is 3.79. The van der Waals surface area contributed by atoms with Crippen molar-refractivity contribution in [1.82, 2.24) is 9.80 Å². The van der Waals surface area contributed by atoms with Gasteiger partial charge in [-0.1, -0.05) is 18.2 Å². The number of nitrogens with zero attached hydrogens (tertiary/aromatic N) is 2. The third-order valence-corrected chi connectivity index (χ3v) is 5.44. The molecule has 2 aromatic carbocycles. The van der Waals surface area contributed by atoms with Crippen molar-refractivity contribution in [2.24, 2.45) is 0 Å². The quantitative estimate of drug-likeness (QED) is 0.813. The molecule has 4 rings (SSSR count). The van der Waals surface area contributed by atoms with E-state index in [0.717, 1.165) is 35.9 Å². The number of hydrogen-bond acceptors (Lipinski definition) is 5. The molecular formula is C22H26N2O4. The van der Waals surface area contributed by atoms with Crippen LogP contribution in [0.15, 0.2) is 42.5 Å². The SMILES string of the molecule is COc1cccc(C2CN(C(=O)Cc3ccc4c(c3)OCCO4)CCN2C)c1. The Hall–Kier alpha value is -2.73. The van der Waals surface area contributed by atoms with Gasteiger partial charge < -0.3 is 19.1 Å². The average molecular weight is 382 g/mol. The van der Waals surface area contributed by atoms with Gasteiger partial charge in [0.25, 0.3) is 0 Å². The van der Waals surface area contributed by atoms with Crippen molar-refractivity contribution in [3.8, 4) is 17.2 Å². The number of rotatable bonds is 4. The summed E-state index contributed by atoms with van der Waals surface area (Å²) < 4.78 is 16.5. The second-order valence-corrected chi connectivity index (χ2v) is 7.27. The number of hydrogen-bond donors (Lipinski definition) is 0. The topological polar surface area (TPSA) is 51.2 Å². The standard InChI is InChI=1S/C22H26N2O4/c1-23-8-9-24(15-19(23)17-4-3-5-18(14-17)26-2)22(25)13-16-6-7-20-21(12-16)28-11-10-27-20/h3-7,12,14,19H,8-11,13,15H2,1-2H3. The predicted octanol–water partition coefficient (Wildman–Crippen LogP) is 2.52. The lowest BCUT2D eigenvalue weighted by molar-refractivity contribution is -0.133. The van der Waals surface area contributed by atoms with E-state index in [4.69, 9.17) is 14.2 Å². The largest absolute Gasteiger partial charge is 0.497 e. The normalized spacial score (nSPS) is 19.4. The van der Waals surface area contributed by atoms with Crippen LogP contribution in [0.5, 0.6) is 17.2 Å². The minimum Gasteiger partial charge on any atom is -0.497 e. The molecule has 1 saturated heterocycles. The van der Waals surface area contributed by atoms with Gasteiger partial charge in [0.2, 0.25) is 5.91 Å². The van der Waals surface area contributed by atoms with Crippen molar-refractivity contribution in [2.75, 3.05) is 47.0 Å². The number of piperazine rings is 1. The highest BCUT2D eigenvalue weighted by atomic mass is 16.6. The second-order valence-electron chi connectivity index (χ2n) is 7.27. The molecule has 28 heavy (non-hydrogen) atoms. The predicted molar refractivity (Wildman–Crippen MR) is 106 cm³/mol. The summed E-state index contributed by atoms with van der Waals surface area (Å²) >= 11 is 0. The lowest BCUT2D eigenvalue weighted by Gasteiger charge is -2.40. The van der Waals surface area contributed by atoms with E-state index < -0.39 is 0 Å². The third kappa shape index (κ3) is 3.92. The highest BCUT2D eigenvalue weighted by Crippen LogP contribution is 2.31. The van der Waals surface area contributed by atoms with Crippen molar-refractivity contribution in [2.45, 2.75) is 12.5 Å². The van der Waals surface area contributed by atoms with Crippen LogP contribution in [0.25, 0.3) is 0 Å². The van der Waals surface area contributed by atoms with Crippen LogP contribution in [0.1, 0.15) is 17.2 Å². The van der Waals surface area contributed by atoms with E-state index >= 15 is 0 Å². The molecule has 1 amide bonds. The molecule has 0 saturated carbocycles. The molecule has 2 heterocycles. The van der Waals surface area contributed by atoms with Crippen LogP contribution in [-0.2, 0) is 11.2 Å². The minimum absolute atomic E-state index is 0.137. The molecule has 0 radical (unpaired) electrons. The van der Waals surface area contributed by atoms with Crippen LogP contribution in [0.2, 0.25) is 0 Å². The highest BCUT2D eigenvalue weighted by Gasteiger charge is 2.28. The molecule has 2 aliphatic rings. The Kier molecular flexibility index (Phi) is 5.39. The zero-order chi connectivity index (χ0) is 19.5. The summed E-state index contributed by atoms with van der Waals surface area (Å²) in [6.07, 6.45) is 0.366. The second kappa shape index (κ2) is 8.10. The van der Waals surface area contributed by atoms with Gasteiger partial charge in [0.1, 0.15) is 19.0 Å². The van der Waals surface area contributed by atoms with Gasteiger partial charge in [-0.3, -0.25) is 9.69 Å². The molecule has 6 nitrogen and oxygen atoms in total. The maximum absolute atomic E-state index is 13.0. The van der Waals surface area contributed by atoms with Gasteiger partial charge >= 0.3 is 0 Å². The summed E-state index contributed by atoms with van der Waals surface area (Å²) in [5, 5.41) is 0. The van der Waals surface area contributed by atoms with Crippen molar-refractivity contribution in [3.05, 3.63) is 53.6 Å². The summed E-state index contributed by atoms with van der Waals surface area (Å²) in [4.78, 5) is 17.2. The van der Waals surface area contributed by atoms with Gasteiger partial charge in [-0.05, 0) is 42.4 Å². The van der Waals surface area contributed by atoms with Crippen LogP contribution in [0.4, 0.5) is 0 Å². The Morgan fingerprint density at radius 1 is 1.11 bits per heavy atom. The van der Waals surface area contributed by atoms with Crippen molar-refractivity contribution < 1.29 is 19.0 Å². The molecule has 6 heteroatoms. The first kappa shape index (κ1) is 18.6. The number of benzene rings is 2. The molecule has 0 spiro atoms. The summed E-state index contributed by atoms with van der Waals surface area (Å²) in [6.45, 7) is 3.37. The maximum Gasteiger partial charge on any atom is 0.227 e. The molecule has 1 unspecified atom stereocenters. The first-order chi connectivity index (χ1) is 13.6. The molecule has 0 N–H and O–H groups in total. The van der Waals surface area contributed by atoms with E-state index in [1.807, 2.05) is 35.2 Å². The van der Waals surface area contributed by atoms with Crippen LogP contribution < -0.4 is 14.2 Å². The van der Waals surface area contributed by atoms with Gasteiger partial charge in [0.05, 0.1) is 19.6 Å². The lowest BCUT2D eigenvalue weighted by atomic mass is 10.0. The third-order valence-electron chi connectivity index (χ3n) is 5.44. The maximum atomic E-state index is 13.0. The Bertz CT molecular complexity index is 854. The van der Waals surface area contributed by atoms with Gasteiger partial charge in [-0.15, -0.1) is 0 Å².